The number of fused-ring (bicyclic) bond motifs is 1. The first-order valence-corrected chi connectivity index (χ1v) is 11.1. The van der Waals surface area contributed by atoms with Gasteiger partial charge in [0.15, 0.2) is 0 Å². The van der Waals surface area contributed by atoms with E-state index < -0.39 is 17.0 Å². The van der Waals surface area contributed by atoms with Gasteiger partial charge in [-0.3, -0.25) is 0 Å². The van der Waals surface area contributed by atoms with Crippen LogP contribution >= 0.6 is 0 Å². The highest BCUT2D eigenvalue weighted by atomic mass is 32.2. The first-order chi connectivity index (χ1) is 14.5. The van der Waals surface area contributed by atoms with Crippen molar-refractivity contribution in [3.8, 4) is 5.88 Å². The molecule has 2 aromatic rings. The van der Waals surface area contributed by atoms with Gasteiger partial charge < -0.3 is 19.9 Å². The number of nitrogens with one attached hydrogen (secondary N) is 2. The Labute approximate surface area is 176 Å². The molecule has 3 N–H and O–H groups in total. The number of rotatable bonds is 8. The second-order valence-electron chi connectivity index (χ2n) is 7.70. The van der Waals surface area contributed by atoms with Crippen LogP contribution in [-0.4, -0.2) is 55.5 Å². The molecule has 1 aromatic carbocycles. The predicted octanol–water partition coefficient (Wildman–Crippen LogP) is 0.835. The van der Waals surface area contributed by atoms with Crippen LogP contribution in [0, 0.1) is 5.92 Å². The number of thiol groups is 1. The SMILES string of the molecule is CO[C@H]1Cc2ccccc2[C@H]1Nc1cc(O[C@@H]2C[C@@H](CN[SH](=O)=O)[C@@H](O)C2)ncn1. The normalized spacial score (nSPS) is 27.9. The standard InChI is InChI=1S/C20H26N4O5S/c1-28-17-7-12-4-2-3-5-15(12)20(17)24-18-9-19(22-11-21-18)29-14-6-13(16(25)8-14)10-23-30(26)27/h2-5,9,11,13-14,16-17,20,25,30H,6-8,10H2,1H3,(H,21,22,24)(H,23,26,27)/t13-,14+,16-,17-,20+/m0/s1. The van der Waals surface area contributed by atoms with E-state index in [1.54, 1.807) is 13.2 Å². The minimum absolute atomic E-state index is 0.00693. The number of aromatic nitrogens is 2. The zero-order chi connectivity index (χ0) is 21.1. The van der Waals surface area contributed by atoms with Gasteiger partial charge in [0, 0.05) is 38.5 Å². The molecule has 1 heterocycles. The number of methoxy groups -OCH3 is 1. The van der Waals surface area contributed by atoms with Gasteiger partial charge in [0.2, 0.25) is 16.8 Å². The van der Waals surface area contributed by atoms with Crippen molar-refractivity contribution in [2.45, 2.75) is 43.6 Å². The summed E-state index contributed by atoms with van der Waals surface area (Å²) in [5.41, 5.74) is 2.45. The highest BCUT2D eigenvalue weighted by Gasteiger charge is 2.35. The van der Waals surface area contributed by atoms with Gasteiger partial charge in [-0.2, -0.15) is 0 Å². The number of anilines is 1. The number of aliphatic hydroxyl groups excluding tert-OH is 1. The number of aliphatic hydroxyl groups is 1. The predicted molar refractivity (Wildman–Crippen MR) is 111 cm³/mol. The van der Waals surface area contributed by atoms with Crippen LogP contribution in [0.3, 0.4) is 0 Å². The summed E-state index contributed by atoms with van der Waals surface area (Å²) in [7, 11) is -0.966. The Morgan fingerprint density at radius 3 is 2.87 bits per heavy atom. The van der Waals surface area contributed by atoms with Gasteiger partial charge in [-0.1, -0.05) is 24.3 Å². The molecule has 0 radical (unpaired) electrons. The van der Waals surface area contributed by atoms with Gasteiger partial charge in [-0.05, 0) is 17.5 Å². The monoisotopic (exact) mass is 434 g/mol. The minimum Gasteiger partial charge on any atom is -0.474 e. The summed E-state index contributed by atoms with van der Waals surface area (Å²) in [4.78, 5) is 8.50. The fourth-order valence-electron chi connectivity index (χ4n) is 4.32. The zero-order valence-corrected chi connectivity index (χ0v) is 17.5. The molecule has 0 unspecified atom stereocenters. The Morgan fingerprint density at radius 2 is 2.07 bits per heavy atom. The van der Waals surface area contributed by atoms with Crippen molar-refractivity contribution < 1.29 is 23.0 Å². The van der Waals surface area contributed by atoms with E-state index in [4.69, 9.17) is 9.47 Å². The van der Waals surface area contributed by atoms with Gasteiger partial charge in [0.1, 0.15) is 18.2 Å². The first kappa shape index (κ1) is 21.0. The average Bonchev–Trinajstić information content (AvgIpc) is 3.26. The third kappa shape index (κ3) is 4.72. The van der Waals surface area contributed by atoms with Crippen molar-refractivity contribution in [3.63, 3.8) is 0 Å². The Balaban J connectivity index is 1.41. The largest absolute Gasteiger partial charge is 0.474 e. The van der Waals surface area contributed by atoms with E-state index in [1.807, 2.05) is 12.1 Å². The molecular formula is C20H26N4O5S. The smallest absolute Gasteiger partial charge is 0.218 e. The molecule has 1 saturated carbocycles. The molecule has 1 aromatic heterocycles. The number of hydrogen-bond donors (Lipinski definition) is 4. The van der Waals surface area contributed by atoms with Crippen molar-refractivity contribution in [1.82, 2.24) is 14.7 Å². The number of hydrogen-bond acceptors (Lipinski definition) is 8. The molecule has 0 saturated heterocycles. The third-order valence-electron chi connectivity index (χ3n) is 5.82. The number of benzene rings is 1. The molecule has 30 heavy (non-hydrogen) atoms. The summed E-state index contributed by atoms with van der Waals surface area (Å²) < 4.78 is 35.4. The molecular weight excluding hydrogens is 408 g/mol. The van der Waals surface area contributed by atoms with Crippen LogP contribution in [-0.2, 0) is 22.0 Å². The third-order valence-corrected chi connectivity index (χ3v) is 6.26. The van der Waals surface area contributed by atoms with Crippen LogP contribution in [0.25, 0.3) is 0 Å². The van der Waals surface area contributed by atoms with Gasteiger partial charge >= 0.3 is 0 Å². The van der Waals surface area contributed by atoms with Crippen molar-refractivity contribution in [3.05, 3.63) is 47.8 Å². The second kappa shape index (κ2) is 9.25. The van der Waals surface area contributed by atoms with Gasteiger partial charge in [-0.15, -0.1) is 0 Å². The lowest BCUT2D eigenvalue weighted by Gasteiger charge is -2.21. The lowest BCUT2D eigenvalue weighted by Crippen LogP contribution is -2.26. The zero-order valence-electron chi connectivity index (χ0n) is 16.6. The Morgan fingerprint density at radius 1 is 1.23 bits per heavy atom. The van der Waals surface area contributed by atoms with Crippen molar-refractivity contribution in [1.29, 1.82) is 0 Å². The summed E-state index contributed by atoms with van der Waals surface area (Å²) in [6.07, 6.45) is 2.40. The molecule has 2 aliphatic carbocycles. The van der Waals surface area contributed by atoms with E-state index in [9.17, 15) is 13.5 Å². The maximum atomic E-state index is 10.7. The van der Waals surface area contributed by atoms with Crippen LogP contribution < -0.4 is 14.8 Å². The summed E-state index contributed by atoms with van der Waals surface area (Å²) in [6.45, 7) is 0.204. The fraction of sp³-hybridized carbons (Fsp3) is 0.500. The Kier molecular flexibility index (Phi) is 6.47. The van der Waals surface area contributed by atoms with Crippen LogP contribution in [0.5, 0.6) is 5.88 Å². The number of ether oxygens (including phenoxy) is 2. The lowest BCUT2D eigenvalue weighted by molar-refractivity contribution is 0.0959. The van der Waals surface area contributed by atoms with Crippen LogP contribution in [0.2, 0.25) is 0 Å². The summed E-state index contributed by atoms with van der Waals surface area (Å²) >= 11 is 0. The first-order valence-electron chi connectivity index (χ1n) is 9.95. The quantitative estimate of drug-likeness (QED) is 0.451. The van der Waals surface area contributed by atoms with Crippen LogP contribution in [0.1, 0.15) is 30.0 Å². The average molecular weight is 435 g/mol. The molecule has 2 aliphatic rings. The molecule has 10 heteroatoms. The molecule has 9 nitrogen and oxygen atoms in total. The Hall–Kier alpha value is -2.27. The molecule has 162 valence electrons. The van der Waals surface area contributed by atoms with E-state index in [-0.39, 0.29) is 30.7 Å². The van der Waals surface area contributed by atoms with Gasteiger partial charge in [-0.25, -0.2) is 23.1 Å². The number of nitrogens with zero attached hydrogens (tertiary/aromatic N) is 2. The Bertz CT molecular complexity index is 948. The summed E-state index contributed by atoms with van der Waals surface area (Å²) in [6, 6.07) is 9.96. The highest BCUT2D eigenvalue weighted by Crippen LogP contribution is 2.36. The maximum Gasteiger partial charge on any atom is 0.218 e. The molecule has 0 bridgehead atoms. The molecule has 0 spiro atoms. The van der Waals surface area contributed by atoms with E-state index >= 15 is 0 Å². The van der Waals surface area contributed by atoms with E-state index in [1.165, 1.54) is 17.5 Å². The fourth-order valence-corrected chi connectivity index (χ4v) is 4.71. The summed E-state index contributed by atoms with van der Waals surface area (Å²) in [5.74, 6) is 0.858. The van der Waals surface area contributed by atoms with Crippen LogP contribution in [0.4, 0.5) is 5.82 Å². The molecule has 5 atom stereocenters. The van der Waals surface area contributed by atoms with Crippen molar-refractivity contribution in [2.24, 2.45) is 5.92 Å². The maximum absolute atomic E-state index is 10.7. The lowest BCUT2D eigenvalue weighted by atomic mass is 10.1. The molecule has 4 rings (SSSR count). The topological polar surface area (TPSA) is 123 Å². The minimum atomic E-state index is -2.67. The van der Waals surface area contributed by atoms with E-state index in [0.29, 0.717) is 24.5 Å². The van der Waals surface area contributed by atoms with E-state index in [0.717, 1.165) is 6.42 Å². The summed E-state index contributed by atoms with van der Waals surface area (Å²) in [5, 5.41) is 13.6. The molecule has 1 fully saturated rings. The second-order valence-corrected chi connectivity index (χ2v) is 8.53. The van der Waals surface area contributed by atoms with Crippen molar-refractivity contribution >= 4 is 16.7 Å². The highest BCUT2D eigenvalue weighted by molar-refractivity contribution is 7.70. The van der Waals surface area contributed by atoms with Crippen LogP contribution in [0.15, 0.2) is 36.7 Å². The molecule has 0 amide bonds. The van der Waals surface area contributed by atoms with Gasteiger partial charge in [0.05, 0.1) is 18.2 Å². The molecule has 0 aliphatic heterocycles. The van der Waals surface area contributed by atoms with Gasteiger partial charge in [0.25, 0.3) is 0 Å². The van der Waals surface area contributed by atoms with E-state index in [2.05, 4.69) is 32.1 Å². The van der Waals surface area contributed by atoms with Crippen molar-refractivity contribution in [2.75, 3.05) is 19.0 Å².